The summed E-state index contributed by atoms with van der Waals surface area (Å²) in [5, 5.41) is 7.25. The number of carbonyl (C=O) groups is 1. The van der Waals surface area contributed by atoms with E-state index in [1.54, 1.807) is 4.90 Å². The molecule has 0 bridgehead atoms. The molecule has 3 rings (SSSR count). The fourth-order valence-electron chi connectivity index (χ4n) is 3.50. The van der Waals surface area contributed by atoms with E-state index in [9.17, 15) is 4.79 Å². The van der Waals surface area contributed by atoms with E-state index in [2.05, 4.69) is 10.2 Å². The minimum absolute atomic E-state index is 0.0690. The summed E-state index contributed by atoms with van der Waals surface area (Å²) < 4.78 is 10.8. The van der Waals surface area contributed by atoms with Crippen LogP contribution in [0, 0.1) is 13.8 Å². The molecule has 0 aliphatic carbocycles. The fourth-order valence-corrected chi connectivity index (χ4v) is 3.50. The van der Waals surface area contributed by atoms with Gasteiger partial charge in [0.25, 0.3) is 0 Å². The smallest absolute Gasteiger partial charge is 0.244 e. The molecule has 0 spiro atoms. The van der Waals surface area contributed by atoms with Crippen LogP contribution >= 0.6 is 0 Å². The number of benzene rings is 1. The van der Waals surface area contributed by atoms with Crippen LogP contribution in [0.1, 0.15) is 35.0 Å². The molecule has 0 fully saturated rings. The lowest BCUT2D eigenvalue weighted by Crippen LogP contribution is -2.39. The van der Waals surface area contributed by atoms with Crippen molar-refractivity contribution in [3.05, 3.63) is 40.7 Å². The summed E-state index contributed by atoms with van der Waals surface area (Å²) in [5.74, 6) is 1.49. The number of likely N-dealkylation sites (N-methyl/N-ethyl adjacent to an activating group) is 2. The number of hydrogen-bond acceptors (Lipinski definition) is 5. The van der Waals surface area contributed by atoms with E-state index in [1.165, 1.54) is 5.56 Å². The molecule has 1 amide bonds. The van der Waals surface area contributed by atoms with Crippen LogP contribution in [0.3, 0.4) is 0 Å². The van der Waals surface area contributed by atoms with Crippen molar-refractivity contribution in [1.29, 1.82) is 0 Å². The Kier molecular flexibility index (Phi) is 5.70. The second-order valence-corrected chi connectivity index (χ2v) is 7.25. The van der Waals surface area contributed by atoms with Gasteiger partial charge >= 0.3 is 0 Å². The number of aromatic nitrogens is 2. The van der Waals surface area contributed by atoms with E-state index in [0.29, 0.717) is 12.3 Å². The number of rotatable bonds is 7. The maximum absolute atomic E-state index is 13.1. The van der Waals surface area contributed by atoms with Crippen LogP contribution in [-0.4, -0.2) is 60.4 Å². The number of hydrogen-bond donors (Lipinski definition) is 1. The van der Waals surface area contributed by atoms with Crippen molar-refractivity contribution in [2.24, 2.45) is 0 Å². The molecule has 0 radical (unpaired) electrons. The van der Waals surface area contributed by atoms with Gasteiger partial charge in [0, 0.05) is 19.3 Å². The lowest BCUT2D eigenvalue weighted by molar-refractivity contribution is -0.135. The Bertz CT molecular complexity index is 796. The van der Waals surface area contributed by atoms with Gasteiger partial charge in [0.2, 0.25) is 12.7 Å². The zero-order valence-corrected chi connectivity index (χ0v) is 16.7. The normalized spacial score (nSPS) is 13.9. The van der Waals surface area contributed by atoms with Gasteiger partial charge in [-0.1, -0.05) is 6.07 Å². The van der Waals surface area contributed by atoms with Gasteiger partial charge in [-0.05, 0) is 64.0 Å². The third kappa shape index (κ3) is 4.08. The largest absolute Gasteiger partial charge is 0.454 e. The Morgan fingerprint density at radius 3 is 2.63 bits per heavy atom. The maximum Gasteiger partial charge on any atom is 0.244 e. The Morgan fingerprint density at radius 1 is 1.22 bits per heavy atom. The summed E-state index contributed by atoms with van der Waals surface area (Å²) in [6.45, 7) is 4.96. The molecule has 0 unspecified atom stereocenters. The van der Waals surface area contributed by atoms with Crippen LogP contribution in [0.5, 0.6) is 11.5 Å². The predicted octanol–water partition coefficient (Wildman–Crippen LogP) is 2.45. The summed E-state index contributed by atoms with van der Waals surface area (Å²) in [7, 11) is 5.69. The molecule has 1 N–H and O–H groups in total. The number of fused-ring (bicyclic) bond motifs is 1. The Hall–Kier alpha value is -2.54. The highest BCUT2D eigenvalue weighted by atomic mass is 16.7. The first-order chi connectivity index (χ1) is 12.9. The van der Waals surface area contributed by atoms with Gasteiger partial charge in [-0.25, -0.2) is 0 Å². The number of carbonyl (C=O) groups excluding carboxylic acids is 1. The van der Waals surface area contributed by atoms with Crippen LogP contribution in [0.25, 0.3) is 0 Å². The Labute approximate surface area is 160 Å². The minimum atomic E-state index is -0.359. The van der Waals surface area contributed by atoms with Crippen LogP contribution in [0.4, 0.5) is 0 Å². The van der Waals surface area contributed by atoms with Crippen molar-refractivity contribution in [2.75, 3.05) is 34.5 Å². The summed E-state index contributed by atoms with van der Waals surface area (Å²) in [4.78, 5) is 16.8. The number of aromatic amines is 1. The third-order valence-electron chi connectivity index (χ3n) is 5.04. The number of nitrogens with one attached hydrogen (secondary N) is 1. The number of aryl methyl sites for hydroxylation is 2. The molecule has 2 aromatic rings. The fraction of sp³-hybridized carbons (Fsp3) is 0.500. The highest BCUT2D eigenvalue weighted by molar-refractivity contribution is 5.83. The molecule has 1 aliphatic heterocycles. The monoisotopic (exact) mass is 372 g/mol. The van der Waals surface area contributed by atoms with Gasteiger partial charge in [0.1, 0.15) is 6.04 Å². The highest BCUT2D eigenvalue weighted by Gasteiger charge is 2.27. The lowest BCUT2D eigenvalue weighted by atomic mass is 10.0. The van der Waals surface area contributed by atoms with E-state index in [1.807, 2.05) is 58.1 Å². The standard InChI is InChI=1S/C20H28N4O3/c1-13-16(14(2)22-21-13)7-6-10-24(5)20(25)19(23(3)4)15-8-9-17-18(11-15)27-12-26-17/h8-9,11,19H,6-7,10,12H2,1-5H3,(H,21,22)/t19-/m0/s1. The molecular formula is C20H28N4O3. The van der Waals surface area contributed by atoms with Crippen molar-refractivity contribution in [1.82, 2.24) is 20.0 Å². The molecule has 0 saturated heterocycles. The number of nitrogens with zero attached hydrogens (tertiary/aromatic N) is 3. The molecular weight excluding hydrogens is 344 g/mol. The van der Waals surface area contributed by atoms with E-state index in [4.69, 9.17) is 9.47 Å². The van der Waals surface area contributed by atoms with E-state index < -0.39 is 0 Å². The second kappa shape index (κ2) is 8.00. The van der Waals surface area contributed by atoms with Gasteiger partial charge < -0.3 is 14.4 Å². The molecule has 1 aromatic carbocycles. The van der Waals surface area contributed by atoms with Gasteiger partial charge in [0.05, 0.1) is 5.69 Å². The van der Waals surface area contributed by atoms with Gasteiger partial charge in [-0.2, -0.15) is 5.10 Å². The van der Waals surface area contributed by atoms with Gasteiger partial charge in [-0.3, -0.25) is 14.8 Å². The number of amides is 1. The average Bonchev–Trinajstić information content (AvgIpc) is 3.22. The van der Waals surface area contributed by atoms with Crippen molar-refractivity contribution in [2.45, 2.75) is 32.7 Å². The molecule has 1 atom stereocenters. The maximum atomic E-state index is 13.1. The molecule has 27 heavy (non-hydrogen) atoms. The number of H-pyrrole nitrogens is 1. The van der Waals surface area contributed by atoms with Crippen molar-refractivity contribution < 1.29 is 14.3 Å². The zero-order valence-electron chi connectivity index (χ0n) is 16.7. The van der Waals surface area contributed by atoms with Crippen molar-refractivity contribution >= 4 is 5.91 Å². The molecule has 1 aliphatic rings. The van der Waals surface area contributed by atoms with E-state index >= 15 is 0 Å². The first-order valence-electron chi connectivity index (χ1n) is 9.20. The molecule has 7 heteroatoms. The summed E-state index contributed by atoms with van der Waals surface area (Å²) in [6.07, 6.45) is 1.80. The minimum Gasteiger partial charge on any atom is -0.454 e. The molecule has 7 nitrogen and oxygen atoms in total. The van der Waals surface area contributed by atoms with Crippen LogP contribution in [0.2, 0.25) is 0 Å². The zero-order chi connectivity index (χ0) is 19.6. The molecule has 2 heterocycles. The summed E-state index contributed by atoms with van der Waals surface area (Å²) in [5.41, 5.74) is 4.29. The number of ether oxygens (including phenoxy) is 2. The lowest BCUT2D eigenvalue weighted by Gasteiger charge is -2.28. The molecule has 146 valence electrons. The summed E-state index contributed by atoms with van der Waals surface area (Å²) >= 11 is 0. The third-order valence-corrected chi connectivity index (χ3v) is 5.04. The van der Waals surface area contributed by atoms with Crippen LogP contribution in [-0.2, 0) is 11.2 Å². The SMILES string of the molecule is Cc1n[nH]c(C)c1CCCN(C)C(=O)[C@H](c1ccc2c(c1)OCO2)N(C)C. The van der Waals surface area contributed by atoms with Crippen LogP contribution in [0.15, 0.2) is 18.2 Å². The Morgan fingerprint density at radius 2 is 1.96 bits per heavy atom. The van der Waals surface area contributed by atoms with Crippen LogP contribution < -0.4 is 9.47 Å². The highest BCUT2D eigenvalue weighted by Crippen LogP contribution is 2.35. The Balaban J connectivity index is 1.65. The quantitative estimate of drug-likeness (QED) is 0.808. The average molecular weight is 372 g/mol. The topological polar surface area (TPSA) is 70.7 Å². The summed E-state index contributed by atoms with van der Waals surface area (Å²) in [6, 6.07) is 5.34. The van der Waals surface area contributed by atoms with Crippen molar-refractivity contribution in [3.8, 4) is 11.5 Å². The predicted molar refractivity (Wildman–Crippen MR) is 103 cm³/mol. The molecule has 0 saturated carbocycles. The van der Waals surface area contributed by atoms with Gasteiger partial charge in [0.15, 0.2) is 11.5 Å². The van der Waals surface area contributed by atoms with Crippen molar-refractivity contribution in [3.63, 3.8) is 0 Å². The molecule has 1 aromatic heterocycles. The van der Waals surface area contributed by atoms with E-state index in [-0.39, 0.29) is 18.7 Å². The van der Waals surface area contributed by atoms with Gasteiger partial charge in [-0.15, -0.1) is 0 Å². The van der Waals surface area contributed by atoms with E-state index in [0.717, 1.165) is 35.5 Å². The first-order valence-corrected chi connectivity index (χ1v) is 9.20. The second-order valence-electron chi connectivity index (χ2n) is 7.25. The first kappa shape index (κ1) is 19.2.